The number of ether oxygens (including phenoxy) is 2. The van der Waals surface area contributed by atoms with E-state index in [1.165, 1.54) is 96.3 Å². The molecular formula is C47H90N2O6. The SMILES string of the molecule is CCCCCCCC/C=C\CCCCCCCC(=O)OC(C[N+](C)(C)CC[O-])C(C[N+](C)(C)CC[O-])OC(=O)CCCCCC/C=C\CCCCCCCC. The number of nitrogens with zero attached hydrogens (tertiary/aromatic N) is 2. The van der Waals surface area contributed by atoms with Gasteiger partial charge in [-0.1, -0.05) is 148 Å². The molecule has 8 nitrogen and oxygen atoms in total. The molecular weight excluding hydrogens is 689 g/mol. The lowest BCUT2D eigenvalue weighted by molar-refractivity contribution is -0.906. The van der Waals surface area contributed by atoms with Crippen molar-refractivity contribution in [2.45, 2.75) is 199 Å². The third kappa shape index (κ3) is 35.2. The van der Waals surface area contributed by atoms with Crippen molar-refractivity contribution in [3.8, 4) is 0 Å². The Kier molecular flexibility index (Phi) is 35.4. The molecule has 0 aliphatic heterocycles. The van der Waals surface area contributed by atoms with Crippen LogP contribution in [-0.4, -0.2) is 101 Å². The van der Waals surface area contributed by atoms with E-state index in [0.29, 0.717) is 48.0 Å². The summed E-state index contributed by atoms with van der Waals surface area (Å²) in [6.45, 7) is 5.48. The van der Waals surface area contributed by atoms with E-state index in [9.17, 15) is 19.8 Å². The van der Waals surface area contributed by atoms with Crippen LogP contribution >= 0.6 is 0 Å². The van der Waals surface area contributed by atoms with E-state index in [2.05, 4.69) is 38.2 Å². The molecule has 0 aromatic rings. The van der Waals surface area contributed by atoms with Gasteiger partial charge in [0.15, 0.2) is 12.2 Å². The molecule has 0 aromatic heterocycles. The molecule has 0 aromatic carbocycles. The molecule has 0 fully saturated rings. The molecule has 0 saturated carbocycles. The lowest BCUT2D eigenvalue weighted by Crippen LogP contribution is -2.58. The quantitative estimate of drug-likeness (QED) is 0.0266. The summed E-state index contributed by atoms with van der Waals surface area (Å²) in [4.78, 5) is 26.5. The highest BCUT2D eigenvalue weighted by molar-refractivity contribution is 5.70. The molecule has 0 spiro atoms. The molecule has 0 rings (SSSR count). The first-order valence-electron chi connectivity index (χ1n) is 23.0. The maximum atomic E-state index is 13.2. The predicted molar refractivity (Wildman–Crippen MR) is 227 cm³/mol. The van der Waals surface area contributed by atoms with Crippen molar-refractivity contribution in [1.29, 1.82) is 0 Å². The molecule has 2 atom stereocenters. The van der Waals surface area contributed by atoms with Crippen molar-refractivity contribution in [3.63, 3.8) is 0 Å². The summed E-state index contributed by atoms with van der Waals surface area (Å²) in [5.74, 6) is -0.584. The summed E-state index contributed by atoms with van der Waals surface area (Å²) < 4.78 is 13.0. The van der Waals surface area contributed by atoms with Crippen LogP contribution in [0.1, 0.15) is 187 Å². The zero-order valence-corrected chi connectivity index (χ0v) is 37.1. The fraction of sp³-hybridized carbons (Fsp3) is 0.872. The van der Waals surface area contributed by atoms with Gasteiger partial charge in [0.25, 0.3) is 0 Å². The summed E-state index contributed by atoms with van der Waals surface area (Å²) >= 11 is 0. The molecule has 0 N–H and O–H groups in total. The molecule has 0 bridgehead atoms. The standard InChI is InChI=1S/C47H90N2O6/c1-7-9-11-13-15-17-19-21-23-25-27-29-31-33-35-37-47(53)55-45(43-49(5,6)39-41-51)44(42-48(3,4)38-40-50)54-46(52)36-34-32-30-28-26-24-22-20-18-16-14-12-10-8-2/h21-24,44-45H,7-20,25-43H2,1-6H3/b23-21-,24-22-. The van der Waals surface area contributed by atoms with Crippen molar-refractivity contribution in [3.05, 3.63) is 24.3 Å². The number of hydrogen-bond donors (Lipinski definition) is 0. The van der Waals surface area contributed by atoms with E-state index in [1.807, 2.05) is 28.2 Å². The van der Waals surface area contributed by atoms with E-state index in [0.717, 1.165) is 64.2 Å². The Morgan fingerprint density at radius 1 is 0.455 bits per heavy atom. The molecule has 0 aliphatic carbocycles. The normalized spacial score (nSPS) is 13.5. The largest absolute Gasteiger partial charge is 0.850 e. The number of likely N-dealkylation sites (N-methyl/N-ethyl adjacent to an activating group) is 2. The number of allylic oxidation sites excluding steroid dienone is 4. The highest BCUT2D eigenvalue weighted by Gasteiger charge is 2.38. The number of esters is 2. The van der Waals surface area contributed by atoms with Crippen LogP contribution in [0.4, 0.5) is 0 Å². The number of rotatable bonds is 40. The van der Waals surface area contributed by atoms with Crippen LogP contribution < -0.4 is 10.2 Å². The fourth-order valence-electron chi connectivity index (χ4n) is 7.07. The average molecular weight is 779 g/mol. The van der Waals surface area contributed by atoms with Gasteiger partial charge in [0.1, 0.15) is 13.1 Å². The zero-order chi connectivity index (χ0) is 40.9. The van der Waals surface area contributed by atoms with Crippen LogP contribution in [0.25, 0.3) is 0 Å². The van der Waals surface area contributed by atoms with Crippen LogP contribution in [0.15, 0.2) is 24.3 Å². The van der Waals surface area contributed by atoms with E-state index in [4.69, 9.17) is 9.47 Å². The number of carbonyl (C=O) groups is 2. The van der Waals surface area contributed by atoms with Crippen molar-refractivity contribution < 1.29 is 38.2 Å². The maximum Gasteiger partial charge on any atom is 0.306 e. The third-order valence-electron chi connectivity index (χ3n) is 10.8. The van der Waals surface area contributed by atoms with Gasteiger partial charge < -0.3 is 28.7 Å². The molecule has 0 heterocycles. The smallest absolute Gasteiger partial charge is 0.306 e. The molecule has 0 saturated heterocycles. The highest BCUT2D eigenvalue weighted by atomic mass is 16.6. The summed E-state index contributed by atoms with van der Waals surface area (Å²) in [6, 6.07) is 0. The summed E-state index contributed by atoms with van der Waals surface area (Å²) in [5.41, 5.74) is 0. The van der Waals surface area contributed by atoms with Crippen LogP contribution in [-0.2, 0) is 19.1 Å². The molecule has 8 heteroatoms. The van der Waals surface area contributed by atoms with Gasteiger partial charge in [-0.05, 0) is 64.2 Å². The summed E-state index contributed by atoms with van der Waals surface area (Å²) in [6.07, 6.45) is 38.1. The van der Waals surface area contributed by atoms with Gasteiger partial charge in [-0.2, -0.15) is 0 Å². The molecule has 0 radical (unpaired) electrons. The van der Waals surface area contributed by atoms with Crippen LogP contribution in [0.5, 0.6) is 0 Å². The van der Waals surface area contributed by atoms with Crippen molar-refractivity contribution in [2.75, 3.05) is 67.6 Å². The Bertz CT molecular complexity index is 950. The van der Waals surface area contributed by atoms with E-state index >= 15 is 0 Å². The second kappa shape index (κ2) is 36.6. The van der Waals surface area contributed by atoms with Gasteiger partial charge in [0.2, 0.25) is 0 Å². The monoisotopic (exact) mass is 779 g/mol. The number of carbonyl (C=O) groups excluding carboxylic acids is 2. The van der Waals surface area contributed by atoms with Gasteiger partial charge in [0.05, 0.1) is 41.3 Å². The molecule has 2 unspecified atom stereocenters. The van der Waals surface area contributed by atoms with Crippen LogP contribution in [0.3, 0.4) is 0 Å². The third-order valence-corrected chi connectivity index (χ3v) is 10.8. The lowest BCUT2D eigenvalue weighted by atomic mass is 10.1. The Balaban J connectivity index is 4.91. The topological polar surface area (TPSA) is 98.7 Å². The second-order valence-corrected chi connectivity index (χ2v) is 17.5. The van der Waals surface area contributed by atoms with Crippen molar-refractivity contribution in [2.24, 2.45) is 0 Å². The van der Waals surface area contributed by atoms with E-state index in [-0.39, 0.29) is 25.2 Å². The van der Waals surface area contributed by atoms with Gasteiger partial charge >= 0.3 is 11.9 Å². The summed E-state index contributed by atoms with van der Waals surface area (Å²) in [5, 5.41) is 23.3. The van der Waals surface area contributed by atoms with Crippen molar-refractivity contribution >= 4 is 11.9 Å². The summed E-state index contributed by atoms with van der Waals surface area (Å²) in [7, 11) is 7.79. The number of quaternary nitrogens is 2. The second-order valence-electron chi connectivity index (χ2n) is 17.5. The Hall–Kier alpha value is -1.74. The van der Waals surface area contributed by atoms with E-state index in [1.54, 1.807) is 0 Å². The number of unbranched alkanes of at least 4 members (excludes halogenated alkanes) is 21. The van der Waals surface area contributed by atoms with Gasteiger partial charge in [-0.25, -0.2) is 0 Å². The minimum atomic E-state index is -0.701. The first-order chi connectivity index (χ1) is 26.5. The Morgan fingerprint density at radius 2 is 0.727 bits per heavy atom. The zero-order valence-electron chi connectivity index (χ0n) is 37.1. The predicted octanol–water partition coefficient (Wildman–Crippen LogP) is 9.37. The lowest BCUT2D eigenvalue weighted by Gasteiger charge is -2.39. The molecule has 55 heavy (non-hydrogen) atoms. The van der Waals surface area contributed by atoms with Crippen LogP contribution in [0.2, 0.25) is 0 Å². The first kappa shape index (κ1) is 53.3. The molecule has 0 aliphatic rings. The first-order valence-corrected chi connectivity index (χ1v) is 23.0. The Labute approximate surface area is 340 Å². The van der Waals surface area contributed by atoms with Gasteiger partial charge in [0, 0.05) is 12.8 Å². The minimum absolute atomic E-state index is 0.250. The average Bonchev–Trinajstić information content (AvgIpc) is 3.12. The Morgan fingerprint density at radius 3 is 1.02 bits per heavy atom. The minimum Gasteiger partial charge on any atom is -0.850 e. The number of hydrogen-bond acceptors (Lipinski definition) is 6. The highest BCUT2D eigenvalue weighted by Crippen LogP contribution is 2.18. The maximum absolute atomic E-state index is 13.2. The fourth-order valence-corrected chi connectivity index (χ4v) is 7.07. The van der Waals surface area contributed by atoms with E-state index < -0.39 is 12.2 Å². The van der Waals surface area contributed by atoms with Gasteiger partial charge in [-0.3, -0.25) is 9.59 Å². The molecule has 324 valence electrons. The van der Waals surface area contributed by atoms with Crippen LogP contribution in [0, 0.1) is 0 Å². The molecule has 0 amide bonds. The van der Waals surface area contributed by atoms with Gasteiger partial charge in [-0.15, -0.1) is 0 Å². The van der Waals surface area contributed by atoms with Crippen molar-refractivity contribution in [1.82, 2.24) is 0 Å².